The zero-order valence-electron chi connectivity index (χ0n) is 22.8. The molecule has 0 aromatic carbocycles. The molecule has 0 aliphatic carbocycles. The molecule has 0 rings (SSSR count). The van der Waals surface area contributed by atoms with Crippen LogP contribution < -0.4 is 0 Å². The van der Waals surface area contributed by atoms with E-state index in [9.17, 15) is 19.8 Å². The highest BCUT2D eigenvalue weighted by molar-refractivity contribution is 5.67. The summed E-state index contributed by atoms with van der Waals surface area (Å²) in [7, 11) is 0. The quantitative estimate of drug-likeness (QED) is 0.114. The topological polar surface area (TPSA) is 74.6 Å². The summed E-state index contributed by atoms with van der Waals surface area (Å²) in [4.78, 5) is 22.6. The third-order valence-electron chi connectivity index (χ3n) is 7.33. The molecular formula is C30H58O4. The van der Waals surface area contributed by atoms with Crippen molar-refractivity contribution >= 4 is 11.9 Å². The number of carboxylic acid groups (broad SMARTS) is 2. The second kappa shape index (κ2) is 25.0. The number of carboxylic acids is 2. The summed E-state index contributed by atoms with van der Waals surface area (Å²) in [5.41, 5.74) is 0. The van der Waals surface area contributed by atoms with Crippen molar-refractivity contribution < 1.29 is 19.8 Å². The number of rotatable bonds is 27. The average Bonchev–Trinajstić information content (AvgIpc) is 2.79. The Bertz CT molecular complexity index is 421. The Balaban J connectivity index is 4.05. The normalized spacial score (nSPS) is 13.1. The second-order valence-electron chi connectivity index (χ2n) is 10.7. The van der Waals surface area contributed by atoms with E-state index in [0.717, 1.165) is 51.4 Å². The first-order chi connectivity index (χ1) is 16.5. The highest BCUT2D eigenvalue weighted by atomic mass is 16.4. The Morgan fingerprint density at radius 1 is 0.441 bits per heavy atom. The van der Waals surface area contributed by atoms with Crippen molar-refractivity contribution in [3.05, 3.63) is 0 Å². The summed E-state index contributed by atoms with van der Waals surface area (Å²) in [6, 6.07) is 0. The maximum absolute atomic E-state index is 11.3. The first kappa shape index (κ1) is 32.9. The van der Waals surface area contributed by atoms with Crippen molar-refractivity contribution in [2.75, 3.05) is 0 Å². The third kappa shape index (κ3) is 24.1. The highest BCUT2D eigenvalue weighted by Crippen LogP contribution is 2.25. The first-order valence-corrected chi connectivity index (χ1v) is 14.9. The van der Waals surface area contributed by atoms with Gasteiger partial charge in [-0.25, -0.2) is 0 Å². The molecule has 34 heavy (non-hydrogen) atoms. The van der Waals surface area contributed by atoms with Crippen LogP contribution in [0.4, 0.5) is 0 Å². The fraction of sp³-hybridized carbons (Fsp3) is 0.933. The molecule has 0 amide bonds. The minimum absolute atomic E-state index is 0.281. The molecule has 4 heteroatoms. The Morgan fingerprint density at radius 3 is 0.941 bits per heavy atom. The molecule has 0 spiro atoms. The van der Waals surface area contributed by atoms with Gasteiger partial charge in [0.25, 0.3) is 0 Å². The molecule has 0 saturated heterocycles. The summed E-state index contributed by atoms with van der Waals surface area (Å²) in [6.45, 7) is 4.48. The fourth-order valence-electron chi connectivity index (χ4n) is 5.19. The van der Waals surface area contributed by atoms with E-state index in [1.165, 1.54) is 89.9 Å². The van der Waals surface area contributed by atoms with Gasteiger partial charge in [0.05, 0.1) is 0 Å². The summed E-state index contributed by atoms with van der Waals surface area (Å²) < 4.78 is 0. The Kier molecular flexibility index (Phi) is 24.3. The van der Waals surface area contributed by atoms with E-state index < -0.39 is 11.9 Å². The molecule has 0 aromatic heterocycles. The molecule has 2 unspecified atom stereocenters. The zero-order valence-corrected chi connectivity index (χ0v) is 22.8. The summed E-state index contributed by atoms with van der Waals surface area (Å²) in [5, 5.41) is 18.6. The van der Waals surface area contributed by atoms with Crippen LogP contribution in [0.5, 0.6) is 0 Å². The largest absolute Gasteiger partial charge is 0.481 e. The predicted molar refractivity (Wildman–Crippen MR) is 144 cm³/mol. The van der Waals surface area contributed by atoms with Crippen LogP contribution in [0.15, 0.2) is 0 Å². The van der Waals surface area contributed by atoms with E-state index in [1.54, 1.807) is 0 Å². The van der Waals surface area contributed by atoms with E-state index in [4.69, 9.17) is 0 Å². The molecule has 0 radical (unpaired) electrons. The van der Waals surface area contributed by atoms with Gasteiger partial charge in [-0.1, -0.05) is 129 Å². The highest BCUT2D eigenvalue weighted by Gasteiger charge is 2.15. The average molecular weight is 483 g/mol. The molecule has 4 nitrogen and oxygen atoms in total. The van der Waals surface area contributed by atoms with Crippen LogP contribution in [0.25, 0.3) is 0 Å². The van der Waals surface area contributed by atoms with E-state index in [0.29, 0.717) is 0 Å². The van der Waals surface area contributed by atoms with Crippen LogP contribution in [0, 0.1) is 11.8 Å². The van der Waals surface area contributed by atoms with Gasteiger partial charge in [-0.3, -0.25) is 9.59 Å². The van der Waals surface area contributed by atoms with E-state index >= 15 is 0 Å². The van der Waals surface area contributed by atoms with Crippen LogP contribution in [0.2, 0.25) is 0 Å². The maximum atomic E-state index is 11.3. The van der Waals surface area contributed by atoms with Gasteiger partial charge in [0.2, 0.25) is 0 Å². The predicted octanol–water partition coefficient (Wildman–Crippen LogP) is 9.79. The van der Waals surface area contributed by atoms with Gasteiger partial charge in [-0.15, -0.1) is 0 Å². The molecular weight excluding hydrogens is 424 g/mol. The van der Waals surface area contributed by atoms with Crippen molar-refractivity contribution in [1.29, 1.82) is 0 Å². The van der Waals surface area contributed by atoms with Crippen LogP contribution >= 0.6 is 0 Å². The van der Waals surface area contributed by atoms with Gasteiger partial charge < -0.3 is 10.2 Å². The maximum Gasteiger partial charge on any atom is 0.303 e. The molecule has 0 saturated carbocycles. The molecule has 0 aromatic rings. The molecule has 0 fully saturated rings. The lowest BCUT2D eigenvalue weighted by molar-refractivity contribution is -0.139. The van der Waals surface area contributed by atoms with Crippen LogP contribution in [0.1, 0.15) is 168 Å². The van der Waals surface area contributed by atoms with Gasteiger partial charge in [0.15, 0.2) is 0 Å². The van der Waals surface area contributed by atoms with E-state index in [1.807, 2.05) is 0 Å². The van der Waals surface area contributed by atoms with Gasteiger partial charge in [0, 0.05) is 12.8 Å². The lowest BCUT2D eigenvalue weighted by Crippen LogP contribution is -2.10. The third-order valence-corrected chi connectivity index (χ3v) is 7.33. The second-order valence-corrected chi connectivity index (χ2v) is 10.7. The van der Waals surface area contributed by atoms with Crippen molar-refractivity contribution in [3.8, 4) is 0 Å². The van der Waals surface area contributed by atoms with E-state index in [2.05, 4.69) is 13.8 Å². The van der Waals surface area contributed by atoms with Crippen molar-refractivity contribution in [2.45, 2.75) is 168 Å². The van der Waals surface area contributed by atoms with E-state index in [-0.39, 0.29) is 24.7 Å². The number of carbonyl (C=O) groups is 2. The van der Waals surface area contributed by atoms with Crippen molar-refractivity contribution in [3.63, 3.8) is 0 Å². The van der Waals surface area contributed by atoms with Crippen LogP contribution in [0.3, 0.4) is 0 Å². The molecule has 202 valence electrons. The fourth-order valence-corrected chi connectivity index (χ4v) is 5.19. The number of aliphatic carboxylic acids is 2. The van der Waals surface area contributed by atoms with Crippen LogP contribution in [-0.4, -0.2) is 22.2 Å². The molecule has 2 N–H and O–H groups in total. The lowest BCUT2D eigenvalue weighted by Gasteiger charge is -2.17. The SMILES string of the molecule is CCCCCCCCCCC(CCCCC(CCCCCCCCCC)CC(=O)O)CC(=O)O. The van der Waals surface area contributed by atoms with Crippen molar-refractivity contribution in [2.24, 2.45) is 11.8 Å². The summed E-state index contributed by atoms with van der Waals surface area (Å²) in [6.07, 6.45) is 27.2. The lowest BCUT2D eigenvalue weighted by atomic mass is 9.88. The number of unbranched alkanes of at least 4 members (excludes halogenated alkanes) is 15. The first-order valence-electron chi connectivity index (χ1n) is 14.9. The van der Waals surface area contributed by atoms with Crippen LogP contribution in [-0.2, 0) is 9.59 Å². The summed E-state index contributed by atoms with van der Waals surface area (Å²) >= 11 is 0. The molecule has 0 aliphatic rings. The molecule has 0 bridgehead atoms. The van der Waals surface area contributed by atoms with Gasteiger partial charge in [-0.05, 0) is 37.5 Å². The number of hydrogen-bond acceptors (Lipinski definition) is 2. The molecule has 0 aliphatic heterocycles. The number of hydrogen-bond donors (Lipinski definition) is 2. The zero-order chi connectivity index (χ0) is 25.3. The summed E-state index contributed by atoms with van der Waals surface area (Å²) in [5.74, 6) is -0.794. The van der Waals surface area contributed by atoms with Gasteiger partial charge in [0.1, 0.15) is 0 Å². The minimum Gasteiger partial charge on any atom is -0.481 e. The Morgan fingerprint density at radius 2 is 0.676 bits per heavy atom. The monoisotopic (exact) mass is 482 g/mol. The van der Waals surface area contributed by atoms with Gasteiger partial charge >= 0.3 is 11.9 Å². The Hall–Kier alpha value is -1.06. The smallest absolute Gasteiger partial charge is 0.303 e. The standard InChI is InChI=1S/C30H58O4/c1-3-5-7-9-11-13-15-17-21-27(25-29(31)32)23-19-20-24-28(26-30(33)34)22-18-16-14-12-10-8-6-4-2/h27-28H,3-26H2,1-2H3,(H,31,32)(H,33,34). The van der Waals surface area contributed by atoms with Crippen molar-refractivity contribution in [1.82, 2.24) is 0 Å². The molecule has 2 atom stereocenters. The minimum atomic E-state index is -0.678. The Labute approximate surface area is 211 Å². The molecule has 0 heterocycles. The van der Waals surface area contributed by atoms with Gasteiger partial charge in [-0.2, -0.15) is 0 Å².